The van der Waals surface area contributed by atoms with Gasteiger partial charge < -0.3 is 14.8 Å². The molecule has 0 saturated heterocycles. The van der Waals surface area contributed by atoms with Crippen LogP contribution in [0.15, 0.2) is 91.0 Å². The molecule has 6 nitrogen and oxygen atoms in total. The van der Waals surface area contributed by atoms with Gasteiger partial charge in [-0.2, -0.15) is 0 Å². The molecule has 1 aliphatic rings. The first-order valence-corrected chi connectivity index (χ1v) is 16.2. The number of hydrogen-bond donors (Lipinski definition) is 1. The fourth-order valence-corrected chi connectivity index (χ4v) is 6.56. The van der Waals surface area contributed by atoms with Crippen molar-refractivity contribution in [2.24, 2.45) is 0 Å². The largest absolute Gasteiger partial charge is 0.493 e. The van der Waals surface area contributed by atoms with Gasteiger partial charge in [0.1, 0.15) is 12.4 Å². The van der Waals surface area contributed by atoms with Crippen molar-refractivity contribution >= 4 is 51.8 Å². The molecule has 0 unspecified atom stereocenters. The van der Waals surface area contributed by atoms with Gasteiger partial charge in [0.25, 0.3) is 0 Å². The molecule has 0 radical (unpaired) electrons. The second-order valence-corrected chi connectivity index (χ2v) is 13.7. The first-order chi connectivity index (χ1) is 21.3. The van der Waals surface area contributed by atoms with Crippen molar-refractivity contribution in [2.75, 3.05) is 26.3 Å². The highest BCUT2D eigenvalue weighted by molar-refractivity contribution is 6.67. The lowest BCUT2D eigenvalue weighted by molar-refractivity contribution is 0.0631. The average Bonchev–Trinajstić information content (AvgIpc) is 3.47. The van der Waals surface area contributed by atoms with Gasteiger partial charge >= 0.3 is 6.09 Å². The number of fused-ring (bicyclic) bond motifs is 1. The molecule has 2 atom stereocenters. The van der Waals surface area contributed by atoms with E-state index in [0.717, 1.165) is 54.6 Å². The minimum absolute atomic E-state index is 0.0132. The number of benzene rings is 3. The minimum Gasteiger partial charge on any atom is -0.493 e. The summed E-state index contributed by atoms with van der Waals surface area (Å²) >= 11 is 17.6. The van der Waals surface area contributed by atoms with Crippen molar-refractivity contribution in [1.29, 1.82) is 0 Å². The van der Waals surface area contributed by atoms with Crippen molar-refractivity contribution in [1.82, 2.24) is 15.2 Å². The molecule has 1 aliphatic carbocycles. The molecule has 44 heavy (non-hydrogen) atoms. The van der Waals surface area contributed by atoms with Crippen LogP contribution in [0.4, 0.5) is 4.79 Å². The zero-order valence-electron chi connectivity index (χ0n) is 24.9. The van der Waals surface area contributed by atoms with Crippen LogP contribution in [0.2, 0.25) is 0 Å². The van der Waals surface area contributed by atoms with Gasteiger partial charge in [-0.1, -0.05) is 114 Å². The Balaban J connectivity index is 1.55. The molecule has 0 bridgehead atoms. The first kappa shape index (κ1) is 32.4. The quantitative estimate of drug-likeness (QED) is 0.155. The van der Waals surface area contributed by atoms with E-state index in [-0.39, 0.29) is 12.5 Å². The Labute approximate surface area is 274 Å². The van der Waals surface area contributed by atoms with Crippen LogP contribution >= 0.6 is 34.8 Å². The molecule has 1 saturated carbocycles. The average molecular weight is 655 g/mol. The Hall–Kier alpha value is -3.03. The van der Waals surface area contributed by atoms with Crippen LogP contribution in [-0.2, 0) is 17.7 Å². The second-order valence-electron chi connectivity index (χ2n) is 11.2. The molecular weight excluding hydrogens is 617 g/mol. The molecule has 3 aromatic carbocycles. The highest BCUT2D eigenvalue weighted by Crippen LogP contribution is 2.48. The van der Waals surface area contributed by atoms with Crippen LogP contribution in [0.25, 0.3) is 10.9 Å². The number of carbonyl (C=O) groups excluding carboxylic acids is 1. The van der Waals surface area contributed by atoms with E-state index in [1.165, 1.54) is 11.1 Å². The summed E-state index contributed by atoms with van der Waals surface area (Å²) in [5.74, 6) is 0.835. The lowest BCUT2D eigenvalue weighted by Gasteiger charge is -2.46. The van der Waals surface area contributed by atoms with E-state index in [2.05, 4.69) is 64.8 Å². The maximum Gasteiger partial charge on any atom is 0.407 e. The summed E-state index contributed by atoms with van der Waals surface area (Å²) in [5, 5.41) is 4.03. The van der Waals surface area contributed by atoms with E-state index in [0.29, 0.717) is 19.7 Å². The Morgan fingerprint density at radius 3 is 2.39 bits per heavy atom. The van der Waals surface area contributed by atoms with E-state index in [9.17, 15) is 4.79 Å². The molecule has 5 rings (SSSR count). The molecule has 1 heterocycles. The van der Waals surface area contributed by atoms with Crippen LogP contribution < -0.4 is 10.1 Å². The van der Waals surface area contributed by atoms with Gasteiger partial charge in [-0.3, -0.25) is 9.88 Å². The Morgan fingerprint density at radius 1 is 1.00 bits per heavy atom. The van der Waals surface area contributed by atoms with Gasteiger partial charge in [-0.25, -0.2) is 4.79 Å². The third kappa shape index (κ3) is 8.16. The zero-order valence-corrected chi connectivity index (χ0v) is 27.1. The van der Waals surface area contributed by atoms with Gasteiger partial charge in [0.15, 0.2) is 0 Å². The number of nitrogens with one attached hydrogen (secondary N) is 1. The van der Waals surface area contributed by atoms with Crippen LogP contribution in [0.5, 0.6) is 5.75 Å². The fourth-order valence-electron chi connectivity index (χ4n) is 6.39. The smallest absolute Gasteiger partial charge is 0.407 e. The van der Waals surface area contributed by atoms with Crippen LogP contribution in [0, 0.1) is 0 Å². The van der Waals surface area contributed by atoms with Crippen molar-refractivity contribution in [3.8, 4) is 5.75 Å². The van der Waals surface area contributed by atoms with Gasteiger partial charge in [0, 0.05) is 48.2 Å². The van der Waals surface area contributed by atoms with Gasteiger partial charge in [0.2, 0.25) is 3.79 Å². The number of amides is 1. The lowest BCUT2D eigenvalue weighted by atomic mass is 9.81. The fraction of sp³-hybridized carbons (Fsp3) is 0.371. The summed E-state index contributed by atoms with van der Waals surface area (Å²) in [6.07, 6.45) is 2.99. The first-order valence-electron chi connectivity index (χ1n) is 15.1. The van der Waals surface area contributed by atoms with Gasteiger partial charge in [0.05, 0.1) is 12.1 Å². The molecule has 1 N–H and O–H groups in total. The molecular formula is C35H38Cl3N3O3. The number of carbonyl (C=O) groups is 1. The summed E-state index contributed by atoms with van der Waals surface area (Å²) in [7, 11) is 0. The zero-order chi connectivity index (χ0) is 31.0. The third-order valence-corrected chi connectivity index (χ3v) is 8.70. The van der Waals surface area contributed by atoms with E-state index in [1.54, 1.807) is 0 Å². The third-order valence-electron chi connectivity index (χ3n) is 8.37. The summed E-state index contributed by atoms with van der Waals surface area (Å²) in [6.45, 7) is 4.04. The number of ether oxygens (including phenoxy) is 2. The van der Waals surface area contributed by atoms with E-state index < -0.39 is 15.4 Å². The number of alkyl carbamates (subject to hydrolysis) is 1. The molecule has 232 valence electrons. The number of hydrogen-bond acceptors (Lipinski definition) is 5. The molecule has 1 aromatic heterocycles. The van der Waals surface area contributed by atoms with Gasteiger partial charge in [-0.15, -0.1) is 0 Å². The number of nitrogens with zero attached hydrogens (tertiary/aromatic N) is 2. The second kappa shape index (κ2) is 14.8. The SMILES string of the molecule is CCOc1cc([C@@H]2CCC[C@@]2(CNC(=O)OCC(Cl)(Cl)Cl)N(CCc2ccccc2)Cc2ccccc2)nc2ccccc12. The molecule has 9 heteroatoms. The van der Waals surface area contributed by atoms with E-state index in [4.69, 9.17) is 49.3 Å². The molecule has 4 aromatic rings. The van der Waals surface area contributed by atoms with Crippen molar-refractivity contribution in [3.05, 3.63) is 108 Å². The van der Waals surface area contributed by atoms with Crippen molar-refractivity contribution < 1.29 is 14.3 Å². The molecule has 1 amide bonds. The minimum atomic E-state index is -1.69. The standard InChI is InChI=1S/C35H38Cl3N3O3/c1-2-43-32-22-31(40-30-18-10-9-16-28(30)32)29-17-11-20-34(29,24-39-33(42)44-25-35(36,37)38)41(23-27-14-7-4-8-15-27)21-19-26-12-5-3-6-13-26/h3-10,12-16,18,22,29H,2,11,17,19-21,23-25H2,1H3,(H,39,42)/t29-,34-/m0/s1. The van der Waals surface area contributed by atoms with Crippen LogP contribution in [-0.4, -0.2) is 51.6 Å². The maximum atomic E-state index is 12.9. The maximum absolute atomic E-state index is 12.9. The number of rotatable bonds is 12. The molecule has 1 fully saturated rings. The normalized spacial score (nSPS) is 18.4. The summed E-state index contributed by atoms with van der Waals surface area (Å²) in [6, 6.07) is 31.1. The van der Waals surface area contributed by atoms with Gasteiger partial charge in [-0.05, 0) is 49.4 Å². The predicted molar refractivity (Wildman–Crippen MR) is 179 cm³/mol. The number of pyridine rings is 1. The van der Waals surface area contributed by atoms with E-state index in [1.807, 2.05) is 43.3 Å². The number of para-hydroxylation sites is 1. The summed E-state index contributed by atoms with van der Waals surface area (Å²) in [5.41, 5.74) is 3.84. The highest BCUT2D eigenvalue weighted by atomic mass is 35.6. The number of aromatic nitrogens is 1. The summed E-state index contributed by atoms with van der Waals surface area (Å²) in [4.78, 5) is 20.7. The number of halogens is 3. The lowest BCUT2D eigenvalue weighted by Crippen LogP contribution is -2.57. The number of alkyl halides is 3. The monoisotopic (exact) mass is 653 g/mol. The van der Waals surface area contributed by atoms with Crippen LogP contribution in [0.3, 0.4) is 0 Å². The highest BCUT2D eigenvalue weighted by Gasteiger charge is 2.49. The van der Waals surface area contributed by atoms with Crippen molar-refractivity contribution in [2.45, 2.75) is 54.4 Å². The Bertz CT molecular complexity index is 1520. The Kier molecular flexibility index (Phi) is 10.9. The Morgan fingerprint density at radius 2 is 1.68 bits per heavy atom. The van der Waals surface area contributed by atoms with Crippen molar-refractivity contribution in [3.63, 3.8) is 0 Å². The van der Waals surface area contributed by atoms with E-state index >= 15 is 0 Å². The molecule has 0 aliphatic heterocycles. The van der Waals surface area contributed by atoms with Crippen LogP contribution in [0.1, 0.15) is 48.9 Å². The topological polar surface area (TPSA) is 63.7 Å². The summed E-state index contributed by atoms with van der Waals surface area (Å²) < 4.78 is 9.73. The predicted octanol–water partition coefficient (Wildman–Crippen LogP) is 8.48. The molecule has 0 spiro atoms.